The molecule has 0 fully saturated rings. The Balaban J connectivity index is 1.70. The molecule has 5 nitrogen and oxygen atoms in total. The number of hydrogen-bond acceptors (Lipinski definition) is 5. The highest BCUT2D eigenvalue weighted by Gasteiger charge is 2.13. The van der Waals surface area contributed by atoms with Gasteiger partial charge in [-0.2, -0.15) is 9.50 Å². The largest absolute Gasteiger partial charge is 0.461 e. The summed E-state index contributed by atoms with van der Waals surface area (Å²) in [6.07, 6.45) is 3.46. The van der Waals surface area contributed by atoms with Crippen LogP contribution in [0.1, 0.15) is 5.56 Å². The van der Waals surface area contributed by atoms with Crippen molar-refractivity contribution >= 4 is 33.1 Å². The van der Waals surface area contributed by atoms with Gasteiger partial charge < -0.3 is 4.42 Å². The molecular formula is C19H11N3O2S. The number of benzene rings is 2. The van der Waals surface area contributed by atoms with Gasteiger partial charge in [0.1, 0.15) is 0 Å². The molecule has 0 unspecified atom stereocenters. The Morgan fingerprint density at radius 3 is 2.76 bits per heavy atom. The van der Waals surface area contributed by atoms with Crippen LogP contribution in [0.3, 0.4) is 0 Å². The van der Waals surface area contributed by atoms with E-state index in [0.29, 0.717) is 21.1 Å². The van der Waals surface area contributed by atoms with Crippen LogP contribution in [0.15, 0.2) is 70.1 Å². The zero-order chi connectivity index (χ0) is 16.8. The molecule has 0 amide bonds. The SMILES string of the molecule is O=c1c(=Cc2cccc3ccccc23)sc2nc(-c3ccco3)nn12. The van der Waals surface area contributed by atoms with Crippen LogP contribution in [0, 0.1) is 0 Å². The molecule has 0 aliphatic rings. The van der Waals surface area contributed by atoms with E-state index in [-0.39, 0.29) is 5.56 Å². The number of nitrogens with zero attached hydrogens (tertiary/aromatic N) is 3. The normalized spacial score (nSPS) is 12.4. The predicted octanol–water partition coefficient (Wildman–Crippen LogP) is 3.11. The Hall–Kier alpha value is -3.25. The van der Waals surface area contributed by atoms with Gasteiger partial charge in [-0.05, 0) is 34.5 Å². The summed E-state index contributed by atoms with van der Waals surface area (Å²) < 4.78 is 7.23. The third kappa shape index (κ3) is 2.27. The van der Waals surface area contributed by atoms with E-state index in [9.17, 15) is 4.79 Å². The Morgan fingerprint density at radius 2 is 1.92 bits per heavy atom. The van der Waals surface area contributed by atoms with Crippen molar-refractivity contribution in [2.24, 2.45) is 0 Å². The molecule has 3 aromatic heterocycles. The third-order valence-corrected chi connectivity index (χ3v) is 4.99. The van der Waals surface area contributed by atoms with Crippen molar-refractivity contribution in [3.8, 4) is 11.6 Å². The number of fused-ring (bicyclic) bond motifs is 2. The van der Waals surface area contributed by atoms with Crippen LogP contribution in [0.25, 0.3) is 33.4 Å². The molecule has 5 aromatic rings. The standard InChI is InChI=1S/C19H11N3O2S/c23-18-16(11-13-7-3-6-12-5-1-2-8-14(12)13)25-19-20-17(21-22(18)19)15-9-4-10-24-15/h1-11H. The molecule has 0 bridgehead atoms. The highest BCUT2D eigenvalue weighted by molar-refractivity contribution is 7.15. The first-order valence-electron chi connectivity index (χ1n) is 7.72. The van der Waals surface area contributed by atoms with Crippen LogP contribution < -0.4 is 10.1 Å². The summed E-state index contributed by atoms with van der Waals surface area (Å²) in [7, 11) is 0. The maximum absolute atomic E-state index is 12.7. The molecule has 0 aliphatic carbocycles. The van der Waals surface area contributed by atoms with Crippen molar-refractivity contribution in [2.75, 3.05) is 0 Å². The van der Waals surface area contributed by atoms with Gasteiger partial charge >= 0.3 is 0 Å². The smallest absolute Gasteiger partial charge is 0.291 e. The molecule has 0 saturated heterocycles. The summed E-state index contributed by atoms with van der Waals surface area (Å²) in [5.74, 6) is 0.972. The van der Waals surface area contributed by atoms with Crippen LogP contribution in [0.2, 0.25) is 0 Å². The summed E-state index contributed by atoms with van der Waals surface area (Å²) >= 11 is 1.33. The lowest BCUT2D eigenvalue weighted by atomic mass is 10.0. The van der Waals surface area contributed by atoms with Crippen LogP contribution in [-0.4, -0.2) is 14.6 Å². The molecular weight excluding hydrogens is 334 g/mol. The molecule has 0 spiro atoms. The molecule has 0 N–H and O–H groups in total. The second kappa shape index (κ2) is 5.39. The second-order valence-corrected chi connectivity index (χ2v) is 6.60. The molecule has 6 heteroatoms. The summed E-state index contributed by atoms with van der Waals surface area (Å²) in [6, 6.07) is 17.7. The number of furan rings is 1. The lowest BCUT2D eigenvalue weighted by molar-refractivity contribution is 0.577. The van der Waals surface area contributed by atoms with Crippen LogP contribution in [-0.2, 0) is 0 Å². The molecule has 3 heterocycles. The quantitative estimate of drug-likeness (QED) is 0.493. The van der Waals surface area contributed by atoms with E-state index < -0.39 is 0 Å². The van der Waals surface area contributed by atoms with Gasteiger partial charge in [-0.25, -0.2) is 0 Å². The van der Waals surface area contributed by atoms with Gasteiger partial charge in [0.25, 0.3) is 5.56 Å². The maximum atomic E-state index is 12.7. The second-order valence-electron chi connectivity index (χ2n) is 5.59. The number of hydrogen-bond donors (Lipinski definition) is 0. The number of rotatable bonds is 2. The zero-order valence-electron chi connectivity index (χ0n) is 12.9. The number of thiazole rings is 1. The van der Waals surface area contributed by atoms with Gasteiger partial charge in [0.05, 0.1) is 10.8 Å². The Kier molecular flexibility index (Phi) is 3.05. The molecule has 0 atom stereocenters. The minimum atomic E-state index is -0.168. The van der Waals surface area contributed by atoms with Crippen molar-refractivity contribution < 1.29 is 4.42 Å². The van der Waals surface area contributed by atoms with Gasteiger partial charge in [-0.1, -0.05) is 53.8 Å². The molecule has 0 radical (unpaired) electrons. The Morgan fingerprint density at radius 1 is 1.04 bits per heavy atom. The van der Waals surface area contributed by atoms with E-state index in [2.05, 4.69) is 28.3 Å². The summed E-state index contributed by atoms with van der Waals surface area (Å²) in [5.41, 5.74) is 0.837. The van der Waals surface area contributed by atoms with Crippen molar-refractivity contribution in [3.05, 3.63) is 81.3 Å². The molecule has 2 aromatic carbocycles. The summed E-state index contributed by atoms with van der Waals surface area (Å²) in [5, 5.41) is 6.52. The topological polar surface area (TPSA) is 60.4 Å². The third-order valence-electron chi connectivity index (χ3n) is 4.03. The lowest BCUT2D eigenvalue weighted by Gasteiger charge is -2.00. The van der Waals surface area contributed by atoms with Crippen molar-refractivity contribution in [1.29, 1.82) is 0 Å². The van der Waals surface area contributed by atoms with Crippen molar-refractivity contribution in [3.63, 3.8) is 0 Å². The highest BCUT2D eigenvalue weighted by atomic mass is 32.1. The van der Waals surface area contributed by atoms with Gasteiger partial charge in [-0.3, -0.25) is 4.79 Å². The summed E-state index contributed by atoms with van der Waals surface area (Å²) in [4.78, 5) is 17.6. The van der Waals surface area contributed by atoms with E-state index >= 15 is 0 Å². The van der Waals surface area contributed by atoms with Gasteiger partial charge in [0.2, 0.25) is 10.8 Å². The minimum absolute atomic E-state index is 0.168. The van der Waals surface area contributed by atoms with Gasteiger partial charge in [0, 0.05) is 0 Å². The molecule has 0 saturated carbocycles. The number of aromatic nitrogens is 3. The van der Waals surface area contributed by atoms with E-state index in [1.54, 1.807) is 18.4 Å². The molecule has 25 heavy (non-hydrogen) atoms. The monoisotopic (exact) mass is 345 g/mol. The van der Waals surface area contributed by atoms with E-state index in [1.165, 1.54) is 15.9 Å². The fourth-order valence-electron chi connectivity index (χ4n) is 2.86. The first-order valence-corrected chi connectivity index (χ1v) is 8.54. The van der Waals surface area contributed by atoms with Crippen molar-refractivity contribution in [2.45, 2.75) is 0 Å². The van der Waals surface area contributed by atoms with Gasteiger partial charge in [-0.15, -0.1) is 5.10 Å². The van der Waals surface area contributed by atoms with E-state index in [0.717, 1.165) is 16.3 Å². The predicted molar refractivity (Wildman–Crippen MR) is 97.6 cm³/mol. The Bertz CT molecular complexity index is 1310. The van der Waals surface area contributed by atoms with E-state index in [1.807, 2.05) is 30.3 Å². The first kappa shape index (κ1) is 14.1. The zero-order valence-corrected chi connectivity index (χ0v) is 13.7. The highest BCUT2D eigenvalue weighted by Crippen LogP contribution is 2.19. The van der Waals surface area contributed by atoms with Crippen LogP contribution >= 0.6 is 11.3 Å². The fraction of sp³-hybridized carbons (Fsp3) is 0. The lowest BCUT2D eigenvalue weighted by Crippen LogP contribution is -2.23. The molecule has 5 rings (SSSR count). The maximum Gasteiger partial charge on any atom is 0.291 e. The van der Waals surface area contributed by atoms with Crippen LogP contribution in [0.5, 0.6) is 0 Å². The van der Waals surface area contributed by atoms with E-state index in [4.69, 9.17) is 4.42 Å². The molecule has 120 valence electrons. The molecule has 0 aliphatic heterocycles. The fourth-order valence-corrected chi connectivity index (χ4v) is 3.76. The average molecular weight is 345 g/mol. The first-order chi connectivity index (χ1) is 12.3. The summed E-state index contributed by atoms with van der Waals surface area (Å²) in [6.45, 7) is 0. The van der Waals surface area contributed by atoms with Crippen LogP contribution in [0.4, 0.5) is 0 Å². The van der Waals surface area contributed by atoms with Gasteiger partial charge in [0.15, 0.2) is 5.76 Å². The Labute approximate surface area is 145 Å². The van der Waals surface area contributed by atoms with Crippen molar-refractivity contribution in [1.82, 2.24) is 14.6 Å². The average Bonchev–Trinajstić information content (AvgIpc) is 3.34. The minimum Gasteiger partial charge on any atom is -0.461 e.